The van der Waals surface area contributed by atoms with E-state index in [9.17, 15) is 9.18 Å². The summed E-state index contributed by atoms with van der Waals surface area (Å²) in [5.74, 6) is -0.239. The summed E-state index contributed by atoms with van der Waals surface area (Å²) in [6, 6.07) is 20.7. The van der Waals surface area contributed by atoms with Gasteiger partial charge in [0.1, 0.15) is 5.82 Å². The van der Waals surface area contributed by atoms with Gasteiger partial charge in [0.25, 0.3) is 0 Å². The number of hydrogen-bond acceptors (Lipinski definition) is 2. The third-order valence-corrected chi connectivity index (χ3v) is 4.02. The smallest absolute Gasteiger partial charge is 0.187 e. The van der Waals surface area contributed by atoms with Crippen LogP contribution in [0, 0.1) is 12.4 Å². The van der Waals surface area contributed by atoms with Crippen LogP contribution >= 0.6 is 0 Å². The standard InChI is InChI=1S/C22H17FN2O/c1-24-20-11-7-16(8-12-20)13-22(26)18-3-2-4-21(14-18)25-15-17-5-9-19(23)10-6-17/h2-12,14,25H,13,15H2. The monoisotopic (exact) mass is 344 g/mol. The fraction of sp³-hybridized carbons (Fsp3) is 0.0909. The predicted octanol–water partition coefficient (Wildman–Crippen LogP) is 5.41. The molecule has 0 amide bonds. The van der Waals surface area contributed by atoms with Gasteiger partial charge in [-0.05, 0) is 35.4 Å². The second kappa shape index (κ2) is 8.09. The highest BCUT2D eigenvalue weighted by atomic mass is 19.1. The Hall–Kier alpha value is -3.45. The molecule has 3 aromatic carbocycles. The third-order valence-electron chi connectivity index (χ3n) is 4.02. The maximum absolute atomic E-state index is 12.9. The lowest BCUT2D eigenvalue weighted by molar-refractivity contribution is 0.0993. The van der Waals surface area contributed by atoms with Crippen LogP contribution in [-0.4, -0.2) is 5.78 Å². The van der Waals surface area contributed by atoms with Gasteiger partial charge in [0.2, 0.25) is 0 Å². The Balaban J connectivity index is 1.64. The molecule has 3 aromatic rings. The molecule has 3 rings (SSSR count). The Kier molecular flexibility index (Phi) is 5.40. The molecule has 0 atom stereocenters. The SMILES string of the molecule is [C-]#[N+]c1ccc(CC(=O)c2cccc(NCc3ccc(F)cc3)c2)cc1. The molecule has 0 saturated carbocycles. The first-order valence-electron chi connectivity index (χ1n) is 8.22. The first-order chi connectivity index (χ1) is 12.6. The molecule has 4 heteroatoms. The van der Waals surface area contributed by atoms with Crippen LogP contribution < -0.4 is 5.32 Å². The highest BCUT2D eigenvalue weighted by Crippen LogP contribution is 2.17. The summed E-state index contributed by atoms with van der Waals surface area (Å²) in [6.07, 6.45) is 0.291. The number of carbonyl (C=O) groups is 1. The molecule has 0 aromatic heterocycles. The summed E-state index contributed by atoms with van der Waals surface area (Å²) in [5, 5.41) is 3.25. The fourth-order valence-electron chi connectivity index (χ4n) is 2.58. The number of benzene rings is 3. The zero-order valence-corrected chi connectivity index (χ0v) is 14.1. The summed E-state index contributed by atoms with van der Waals surface area (Å²) in [7, 11) is 0. The van der Waals surface area contributed by atoms with Crippen molar-refractivity contribution in [2.24, 2.45) is 0 Å². The van der Waals surface area contributed by atoms with Gasteiger partial charge in [-0.25, -0.2) is 9.24 Å². The quantitative estimate of drug-likeness (QED) is 0.479. The topological polar surface area (TPSA) is 33.5 Å². The zero-order valence-electron chi connectivity index (χ0n) is 14.1. The van der Waals surface area contributed by atoms with Crippen LogP contribution in [0.25, 0.3) is 4.85 Å². The lowest BCUT2D eigenvalue weighted by Crippen LogP contribution is -2.05. The van der Waals surface area contributed by atoms with Crippen LogP contribution in [0.2, 0.25) is 0 Å². The molecule has 3 nitrogen and oxygen atoms in total. The van der Waals surface area contributed by atoms with Gasteiger partial charge >= 0.3 is 0 Å². The van der Waals surface area contributed by atoms with Gasteiger partial charge in [-0.15, -0.1) is 0 Å². The molecule has 1 N–H and O–H groups in total. The van der Waals surface area contributed by atoms with Gasteiger partial charge in [-0.1, -0.05) is 48.5 Å². The van der Waals surface area contributed by atoms with E-state index in [1.807, 2.05) is 30.3 Å². The second-order valence-corrected chi connectivity index (χ2v) is 5.94. The van der Waals surface area contributed by atoms with E-state index in [0.29, 0.717) is 24.2 Å². The van der Waals surface area contributed by atoms with Crippen molar-refractivity contribution in [3.05, 3.63) is 107 Å². The van der Waals surface area contributed by atoms with Crippen LogP contribution in [0.15, 0.2) is 72.8 Å². The average molecular weight is 344 g/mol. The Morgan fingerprint density at radius 3 is 2.35 bits per heavy atom. The van der Waals surface area contributed by atoms with E-state index in [2.05, 4.69) is 10.2 Å². The van der Waals surface area contributed by atoms with E-state index < -0.39 is 0 Å². The number of ketones is 1. The molecule has 128 valence electrons. The van der Waals surface area contributed by atoms with E-state index in [1.54, 1.807) is 30.3 Å². The van der Waals surface area contributed by atoms with Gasteiger partial charge in [-0.3, -0.25) is 4.79 Å². The number of Topliss-reactive ketones (excluding diaryl/α,β-unsaturated/α-hetero) is 1. The molecule has 0 aliphatic carbocycles. The molecule has 0 aliphatic rings. The van der Waals surface area contributed by atoms with Crippen molar-refractivity contribution in [3.63, 3.8) is 0 Å². The maximum atomic E-state index is 12.9. The largest absolute Gasteiger partial charge is 0.381 e. The molecule has 0 saturated heterocycles. The first kappa shape index (κ1) is 17.4. The number of rotatable bonds is 6. The van der Waals surface area contributed by atoms with Gasteiger partial charge < -0.3 is 5.32 Å². The molecule has 0 bridgehead atoms. The number of anilines is 1. The summed E-state index contributed by atoms with van der Waals surface area (Å²) in [5.41, 5.74) is 3.87. The number of carbonyl (C=O) groups excluding carboxylic acids is 1. The normalized spacial score (nSPS) is 10.2. The molecule has 0 aliphatic heterocycles. The summed E-state index contributed by atoms with van der Waals surface area (Å²) in [4.78, 5) is 15.8. The van der Waals surface area contributed by atoms with Crippen LogP contribution in [0.5, 0.6) is 0 Å². The van der Waals surface area contributed by atoms with E-state index in [0.717, 1.165) is 16.8 Å². The second-order valence-electron chi connectivity index (χ2n) is 5.94. The summed E-state index contributed by atoms with van der Waals surface area (Å²) in [6.45, 7) is 7.51. The van der Waals surface area contributed by atoms with Gasteiger partial charge in [0, 0.05) is 24.2 Å². The zero-order chi connectivity index (χ0) is 18.4. The van der Waals surface area contributed by atoms with E-state index in [-0.39, 0.29) is 11.6 Å². The van der Waals surface area contributed by atoms with Crippen LogP contribution in [0.1, 0.15) is 21.5 Å². The fourth-order valence-corrected chi connectivity index (χ4v) is 2.58. The third kappa shape index (κ3) is 4.55. The number of hydrogen-bond donors (Lipinski definition) is 1. The van der Waals surface area contributed by atoms with Crippen LogP contribution in [-0.2, 0) is 13.0 Å². The summed E-state index contributed by atoms with van der Waals surface area (Å²) >= 11 is 0. The highest BCUT2D eigenvalue weighted by Gasteiger charge is 2.08. The van der Waals surface area contributed by atoms with Crippen molar-refractivity contribution in [1.82, 2.24) is 0 Å². The number of nitrogens with one attached hydrogen (secondary N) is 1. The van der Waals surface area contributed by atoms with Crippen molar-refractivity contribution >= 4 is 17.2 Å². The maximum Gasteiger partial charge on any atom is 0.187 e. The minimum atomic E-state index is -0.259. The minimum absolute atomic E-state index is 0.0194. The number of halogens is 1. The van der Waals surface area contributed by atoms with Crippen molar-refractivity contribution < 1.29 is 9.18 Å². The van der Waals surface area contributed by atoms with Gasteiger partial charge in [-0.2, -0.15) is 0 Å². The lowest BCUT2D eigenvalue weighted by Gasteiger charge is -2.09. The van der Waals surface area contributed by atoms with Gasteiger partial charge in [0.15, 0.2) is 11.5 Å². The van der Waals surface area contributed by atoms with E-state index >= 15 is 0 Å². The molecule has 0 spiro atoms. The molecule has 26 heavy (non-hydrogen) atoms. The van der Waals surface area contributed by atoms with Gasteiger partial charge in [0.05, 0.1) is 6.57 Å². The first-order valence-corrected chi connectivity index (χ1v) is 8.22. The van der Waals surface area contributed by atoms with Crippen molar-refractivity contribution in [2.45, 2.75) is 13.0 Å². The highest BCUT2D eigenvalue weighted by molar-refractivity contribution is 5.98. The van der Waals surface area contributed by atoms with Crippen molar-refractivity contribution in [2.75, 3.05) is 5.32 Å². The van der Waals surface area contributed by atoms with Crippen LogP contribution in [0.3, 0.4) is 0 Å². The Morgan fingerprint density at radius 1 is 0.962 bits per heavy atom. The van der Waals surface area contributed by atoms with Crippen LogP contribution in [0.4, 0.5) is 15.8 Å². The molecular weight excluding hydrogens is 327 g/mol. The average Bonchev–Trinajstić information content (AvgIpc) is 2.68. The predicted molar refractivity (Wildman–Crippen MR) is 101 cm³/mol. The Bertz CT molecular complexity index is 941. The lowest BCUT2D eigenvalue weighted by atomic mass is 10.0. The van der Waals surface area contributed by atoms with E-state index in [1.165, 1.54) is 12.1 Å². The Morgan fingerprint density at radius 2 is 1.65 bits per heavy atom. The van der Waals surface area contributed by atoms with E-state index in [4.69, 9.17) is 6.57 Å². The molecule has 0 heterocycles. The molecular formula is C22H17FN2O. The van der Waals surface area contributed by atoms with Crippen molar-refractivity contribution in [3.8, 4) is 0 Å². The minimum Gasteiger partial charge on any atom is -0.381 e. The number of nitrogens with zero attached hydrogens (tertiary/aromatic N) is 1. The molecule has 0 fully saturated rings. The summed E-state index contributed by atoms with van der Waals surface area (Å²) < 4.78 is 12.9. The molecule has 0 radical (unpaired) electrons. The van der Waals surface area contributed by atoms with Crippen molar-refractivity contribution in [1.29, 1.82) is 0 Å². The Labute approximate surface area is 151 Å². The molecule has 0 unspecified atom stereocenters.